The average molecular weight is 376 g/mol. The van der Waals surface area contributed by atoms with Gasteiger partial charge in [0.25, 0.3) is 5.91 Å². The first-order valence-corrected chi connectivity index (χ1v) is 8.02. The van der Waals surface area contributed by atoms with Gasteiger partial charge in [0.2, 0.25) is 5.91 Å². The molecule has 24 heavy (non-hydrogen) atoms. The largest absolute Gasteiger partial charge is 0.378 e. The lowest BCUT2D eigenvalue weighted by molar-refractivity contribution is -0.119. The molecule has 134 valence electrons. The van der Waals surface area contributed by atoms with Crippen LogP contribution < -0.4 is 10.6 Å². The van der Waals surface area contributed by atoms with Crippen molar-refractivity contribution in [3.63, 3.8) is 0 Å². The second-order valence-electron chi connectivity index (χ2n) is 5.55. The molecule has 1 fully saturated rings. The number of hydrogen-bond donors (Lipinski definition) is 2. The second kappa shape index (κ2) is 9.84. The number of carbonyl (C=O) groups excluding carboxylic acids is 2. The smallest absolute Gasteiger partial charge is 0.255 e. The van der Waals surface area contributed by atoms with Crippen LogP contribution in [0.2, 0.25) is 5.02 Å². The van der Waals surface area contributed by atoms with Gasteiger partial charge in [0, 0.05) is 31.2 Å². The summed E-state index contributed by atoms with van der Waals surface area (Å²) in [4.78, 5) is 26.2. The molecule has 2 amide bonds. The van der Waals surface area contributed by atoms with Crippen LogP contribution in [0.1, 0.15) is 17.3 Å². The highest BCUT2D eigenvalue weighted by molar-refractivity contribution is 6.34. The molecule has 1 saturated heterocycles. The fourth-order valence-electron chi connectivity index (χ4n) is 2.37. The van der Waals surface area contributed by atoms with Crippen LogP contribution in [0.15, 0.2) is 18.2 Å². The summed E-state index contributed by atoms with van der Waals surface area (Å²) in [6.07, 6.45) is 0. The quantitative estimate of drug-likeness (QED) is 0.825. The minimum Gasteiger partial charge on any atom is -0.378 e. The van der Waals surface area contributed by atoms with E-state index < -0.39 is 0 Å². The van der Waals surface area contributed by atoms with Gasteiger partial charge in [-0.3, -0.25) is 9.59 Å². The number of nitrogens with zero attached hydrogens (tertiary/aromatic N) is 1. The molecule has 1 aliphatic heterocycles. The zero-order valence-electron chi connectivity index (χ0n) is 13.8. The van der Waals surface area contributed by atoms with Crippen molar-refractivity contribution >= 4 is 41.5 Å². The van der Waals surface area contributed by atoms with Gasteiger partial charge in [-0.05, 0) is 25.2 Å². The van der Waals surface area contributed by atoms with Crippen molar-refractivity contribution in [3.05, 3.63) is 28.8 Å². The molecular weight excluding hydrogens is 353 g/mol. The van der Waals surface area contributed by atoms with Crippen molar-refractivity contribution in [2.45, 2.75) is 6.92 Å². The van der Waals surface area contributed by atoms with Gasteiger partial charge < -0.3 is 20.3 Å². The first-order valence-electron chi connectivity index (χ1n) is 7.65. The minimum atomic E-state index is -0.159. The number of benzene rings is 1. The summed E-state index contributed by atoms with van der Waals surface area (Å²) in [5.41, 5.74) is 1.02. The van der Waals surface area contributed by atoms with Crippen LogP contribution in [0, 0.1) is 5.92 Å². The summed E-state index contributed by atoms with van der Waals surface area (Å²) >= 11 is 6.23. The maximum atomic E-state index is 12.4. The molecule has 1 aromatic carbocycles. The highest BCUT2D eigenvalue weighted by Crippen LogP contribution is 2.23. The molecule has 1 aliphatic rings. The number of nitrogens with one attached hydrogen (secondary N) is 2. The SMILES string of the molecule is CNCC(C)C(=O)Nc1ccc(C(=O)N2CCOCC2)c(Cl)c1.Cl. The van der Waals surface area contributed by atoms with Gasteiger partial charge in [-0.2, -0.15) is 0 Å². The van der Waals surface area contributed by atoms with Gasteiger partial charge in [0.05, 0.1) is 23.8 Å². The van der Waals surface area contributed by atoms with Crippen molar-refractivity contribution in [1.82, 2.24) is 10.2 Å². The number of ether oxygens (including phenoxy) is 1. The average Bonchev–Trinajstić information content (AvgIpc) is 2.55. The molecule has 0 aliphatic carbocycles. The predicted octanol–water partition coefficient (Wildman–Crippen LogP) is 2.03. The maximum Gasteiger partial charge on any atom is 0.255 e. The number of morpholine rings is 1. The molecule has 8 heteroatoms. The van der Waals surface area contributed by atoms with Crippen molar-refractivity contribution < 1.29 is 14.3 Å². The van der Waals surface area contributed by atoms with Crippen LogP contribution in [0.5, 0.6) is 0 Å². The first-order chi connectivity index (χ1) is 11.0. The van der Waals surface area contributed by atoms with E-state index in [1.807, 2.05) is 6.92 Å². The minimum absolute atomic E-state index is 0. The number of amides is 2. The molecule has 0 aromatic heterocycles. The Labute approximate surface area is 153 Å². The molecule has 0 bridgehead atoms. The van der Waals surface area contributed by atoms with Crippen LogP contribution in [0.3, 0.4) is 0 Å². The van der Waals surface area contributed by atoms with Gasteiger partial charge in [0.15, 0.2) is 0 Å². The summed E-state index contributed by atoms with van der Waals surface area (Å²) < 4.78 is 5.24. The second-order valence-corrected chi connectivity index (χ2v) is 5.95. The topological polar surface area (TPSA) is 70.7 Å². The van der Waals surface area contributed by atoms with E-state index >= 15 is 0 Å². The fraction of sp³-hybridized carbons (Fsp3) is 0.500. The Morgan fingerprint density at radius 1 is 1.33 bits per heavy atom. The van der Waals surface area contributed by atoms with Crippen LogP contribution >= 0.6 is 24.0 Å². The van der Waals surface area contributed by atoms with Crippen molar-refractivity contribution in [3.8, 4) is 0 Å². The summed E-state index contributed by atoms with van der Waals surface area (Å²) in [5, 5.41) is 6.10. The molecule has 2 rings (SSSR count). The molecule has 1 atom stereocenters. The molecule has 0 radical (unpaired) electrons. The lowest BCUT2D eigenvalue weighted by atomic mass is 10.1. The third-order valence-corrected chi connectivity index (χ3v) is 4.04. The Bertz CT molecular complexity index is 578. The van der Waals surface area contributed by atoms with E-state index in [4.69, 9.17) is 16.3 Å². The van der Waals surface area contributed by atoms with Gasteiger partial charge in [-0.25, -0.2) is 0 Å². The van der Waals surface area contributed by atoms with Crippen LogP contribution in [-0.4, -0.2) is 56.6 Å². The van der Waals surface area contributed by atoms with E-state index in [1.54, 1.807) is 30.1 Å². The zero-order valence-corrected chi connectivity index (χ0v) is 15.4. The van der Waals surface area contributed by atoms with Gasteiger partial charge in [0.1, 0.15) is 0 Å². The summed E-state index contributed by atoms with van der Waals surface area (Å²) in [5.74, 6) is -0.365. The fourth-order valence-corrected chi connectivity index (χ4v) is 2.63. The highest BCUT2D eigenvalue weighted by atomic mass is 35.5. The molecule has 1 unspecified atom stereocenters. The standard InChI is InChI=1S/C16H22ClN3O3.ClH/c1-11(10-18-2)15(21)19-12-3-4-13(14(17)9-12)16(22)20-5-7-23-8-6-20;/h3-4,9,11,18H,5-8,10H2,1-2H3,(H,19,21);1H. The van der Waals surface area contributed by atoms with Gasteiger partial charge in [-0.1, -0.05) is 18.5 Å². The molecule has 1 heterocycles. The highest BCUT2D eigenvalue weighted by Gasteiger charge is 2.21. The van der Waals surface area contributed by atoms with Crippen LogP contribution in [-0.2, 0) is 9.53 Å². The number of rotatable bonds is 5. The maximum absolute atomic E-state index is 12.4. The molecule has 0 saturated carbocycles. The van der Waals surface area contributed by atoms with Gasteiger partial charge in [-0.15, -0.1) is 12.4 Å². The van der Waals surface area contributed by atoms with E-state index in [9.17, 15) is 9.59 Å². The zero-order chi connectivity index (χ0) is 16.8. The monoisotopic (exact) mass is 375 g/mol. The number of hydrogen-bond acceptors (Lipinski definition) is 4. The van der Waals surface area contributed by atoms with E-state index in [0.29, 0.717) is 49.1 Å². The van der Waals surface area contributed by atoms with E-state index in [1.165, 1.54) is 0 Å². The van der Waals surface area contributed by atoms with Crippen LogP contribution in [0.25, 0.3) is 0 Å². The van der Waals surface area contributed by atoms with Crippen LogP contribution in [0.4, 0.5) is 5.69 Å². The van der Waals surface area contributed by atoms with Crippen molar-refractivity contribution in [1.29, 1.82) is 0 Å². The van der Waals surface area contributed by atoms with E-state index in [2.05, 4.69) is 10.6 Å². The first kappa shape index (κ1) is 20.7. The molecule has 6 nitrogen and oxygen atoms in total. The molecule has 0 spiro atoms. The summed E-state index contributed by atoms with van der Waals surface area (Å²) in [6, 6.07) is 4.96. The van der Waals surface area contributed by atoms with E-state index in [-0.39, 0.29) is 30.1 Å². The Kier molecular flexibility index (Phi) is 8.48. The normalized spacial score (nSPS) is 15.4. The Morgan fingerprint density at radius 2 is 2.00 bits per heavy atom. The lowest BCUT2D eigenvalue weighted by Crippen LogP contribution is -2.40. The van der Waals surface area contributed by atoms with Crippen molar-refractivity contribution in [2.75, 3.05) is 45.2 Å². The predicted molar refractivity (Wildman–Crippen MR) is 97.1 cm³/mol. The lowest BCUT2D eigenvalue weighted by Gasteiger charge is -2.27. The number of anilines is 1. The van der Waals surface area contributed by atoms with E-state index in [0.717, 1.165) is 0 Å². The third-order valence-electron chi connectivity index (χ3n) is 3.72. The number of carbonyl (C=O) groups is 2. The summed E-state index contributed by atoms with van der Waals surface area (Å²) in [7, 11) is 1.80. The Balaban J connectivity index is 0.00000288. The number of halogens is 2. The molecule has 1 aromatic rings. The van der Waals surface area contributed by atoms with Gasteiger partial charge >= 0.3 is 0 Å². The molecule has 2 N–H and O–H groups in total. The molecular formula is C16H23Cl2N3O3. The van der Waals surface area contributed by atoms with Crippen molar-refractivity contribution in [2.24, 2.45) is 5.92 Å². The third kappa shape index (κ3) is 5.34. The Hall–Kier alpha value is -1.34. The Morgan fingerprint density at radius 3 is 2.58 bits per heavy atom. The summed E-state index contributed by atoms with van der Waals surface area (Å²) in [6.45, 7) is 4.64.